The molecule has 0 aromatic heterocycles. The number of nitrogens with zero attached hydrogens (tertiary/aromatic N) is 1. The van der Waals surface area contributed by atoms with Crippen LogP contribution in [0.3, 0.4) is 0 Å². The van der Waals surface area contributed by atoms with E-state index in [4.69, 9.17) is 14.2 Å². The highest BCUT2D eigenvalue weighted by Gasteiger charge is 2.36. The fraction of sp³-hybridized carbons (Fsp3) is 0.480. The Kier molecular flexibility index (Phi) is 6.40. The standard InChI is InChI=1S/C25H27F3N2O4/c26-25(27,28)17-11-19(13-21(12-17)34-15-20-4-2-8-33-20)30-14-16-3-1-5-22(23(16)24(30)31)29-18-6-9-32-10-7-18/h1,3,5,11-13,18,20,29H,2,4,6-10,14-15H2. The highest BCUT2D eigenvalue weighted by Crippen LogP contribution is 2.39. The molecular formula is C25H27F3N2O4. The summed E-state index contributed by atoms with van der Waals surface area (Å²) in [6, 6.07) is 9.22. The summed E-state index contributed by atoms with van der Waals surface area (Å²) in [5.41, 5.74) is 1.31. The van der Waals surface area contributed by atoms with Gasteiger partial charge in [0.05, 0.1) is 23.8 Å². The molecule has 1 unspecified atom stereocenters. The number of hydrogen-bond donors (Lipinski definition) is 1. The van der Waals surface area contributed by atoms with Crippen LogP contribution >= 0.6 is 0 Å². The smallest absolute Gasteiger partial charge is 0.416 e. The molecule has 2 fully saturated rings. The van der Waals surface area contributed by atoms with Crippen LogP contribution in [0.2, 0.25) is 0 Å². The Morgan fingerprint density at radius 1 is 1.09 bits per heavy atom. The van der Waals surface area contributed by atoms with E-state index in [2.05, 4.69) is 5.32 Å². The van der Waals surface area contributed by atoms with E-state index in [1.165, 1.54) is 11.0 Å². The summed E-state index contributed by atoms with van der Waals surface area (Å²) in [6.45, 7) is 2.32. The van der Waals surface area contributed by atoms with Gasteiger partial charge in [-0.3, -0.25) is 4.79 Å². The van der Waals surface area contributed by atoms with Crippen LogP contribution in [0.5, 0.6) is 5.75 Å². The average Bonchev–Trinajstić information content (AvgIpc) is 3.46. The Hall–Kier alpha value is -2.78. The van der Waals surface area contributed by atoms with Crippen LogP contribution in [-0.2, 0) is 22.2 Å². The Morgan fingerprint density at radius 3 is 2.65 bits per heavy atom. The van der Waals surface area contributed by atoms with Gasteiger partial charge in [-0.05, 0) is 49.4 Å². The molecule has 2 aromatic rings. The lowest BCUT2D eigenvalue weighted by Crippen LogP contribution is -2.29. The number of anilines is 2. The predicted octanol–water partition coefficient (Wildman–Crippen LogP) is 5.01. The third-order valence-electron chi connectivity index (χ3n) is 6.51. The summed E-state index contributed by atoms with van der Waals surface area (Å²) in [5, 5.41) is 3.44. The number of fused-ring (bicyclic) bond motifs is 1. The molecule has 0 bridgehead atoms. The van der Waals surface area contributed by atoms with Gasteiger partial charge in [-0.15, -0.1) is 0 Å². The minimum atomic E-state index is -4.57. The van der Waals surface area contributed by atoms with E-state index in [0.717, 1.165) is 43.4 Å². The van der Waals surface area contributed by atoms with Gasteiger partial charge in [-0.1, -0.05) is 12.1 Å². The molecule has 9 heteroatoms. The van der Waals surface area contributed by atoms with Crippen molar-refractivity contribution in [2.24, 2.45) is 0 Å². The van der Waals surface area contributed by atoms with Crippen LogP contribution in [0.4, 0.5) is 24.5 Å². The SMILES string of the molecule is O=C1c2c(cccc2NC2CCOCC2)CN1c1cc(OCC2CCCO2)cc(C(F)(F)F)c1. The molecule has 34 heavy (non-hydrogen) atoms. The third-order valence-corrected chi connectivity index (χ3v) is 6.51. The molecule has 182 valence electrons. The van der Waals surface area contributed by atoms with Crippen molar-refractivity contribution in [2.45, 2.75) is 50.6 Å². The van der Waals surface area contributed by atoms with Crippen molar-refractivity contribution in [1.29, 1.82) is 0 Å². The number of alkyl halides is 3. The molecular weight excluding hydrogens is 449 g/mol. The lowest BCUT2D eigenvalue weighted by Gasteiger charge is -2.25. The number of halogens is 3. The van der Waals surface area contributed by atoms with Crippen LogP contribution in [0.25, 0.3) is 0 Å². The summed E-state index contributed by atoms with van der Waals surface area (Å²) in [6.07, 6.45) is -1.30. The first kappa shape index (κ1) is 23.0. The zero-order valence-corrected chi connectivity index (χ0v) is 18.7. The van der Waals surface area contributed by atoms with Gasteiger partial charge in [0.25, 0.3) is 5.91 Å². The zero-order chi connectivity index (χ0) is 23.7. The number of amides is 1. The van der Waals surface area contributed by atoms with Gasteiger partial charge in [0, 0.05) is 43.3 Å². The van der Waals surface area contributed by atoms with Crippen LogP contribution < -0.4 is 15.0 Å². The maximum Gasteiger partial charge on any atom is 0.416 e. The molecule has 6 nitrogen and oxygen atoms in total. The van der Waals surface area contributed by atoms with Gasteiger partial charge in [0.2, 0.25) is 0 Å². The monoisotopic (exact) mass is 476 g/mol. The van der Waals surface area contributed by atoms with Crippen LogP contribution in [0.15, 0.2) is 36.4 Å². The van der Waals surface area contributed by atoms with Gasteiger partial charge >= 0.3 is 6.18 Å². The van der Waals surface area contributed by atoms with E-state index in [-0.39, 0.29) is 42.6 Å². The first-order valence-corrected chi connectivity index (χ1v) is 11.6. The summed E-state index contributed by atoms with van der Waals surface area (Å²) >= 11 is 0. The molecule has 1 N–H and O–H groups in total. The molecule has 2 saturated heterocycles. The molecule has 5 rings (SSSR count). The number of rotatable bonds is 6. The number of hydrogen-bond acceptors (Lipinski definition) is 5. The molecule has 0 saturated carbocycles. The van der Waals surface area contributed by atoms with Crippen LogP contribution in [0.1, 0.15) is 47.2 Å². The van der Waals surface area contributed by atoms with Crippen LogP contribution in [0, 0.1) is 0 Å². The Morgan fingerprint density at radius 2 is 1.91 bits per heavy atom. The Labute approximate surface area is 196 Å². The summed E-state index contributed by atoms with van der Waals surface area (Å²) in [5.74, 6) is -0.251. The van der Waals surface area contributed by atoms with Crippen molar-refractivity contribution in [3.8, 4) is 5.75 Å². The van der Waals surface area contributed by atoms with E-state index in [0.29, 0.717) is 31.1 Å². The summed E-state index contributed by atoms with van der Waals surface area (Å²) in [4.78, 5) is 14.8. The second-order valence-corrected chi connectivity index (χ2v) is 8.92. The van der Waals surface area contributed by atoms with Gasteiger partial charge in [0.1, 0.15) is 12.4 Å². The van der Waals surface area contributed by atoms with Crippen molar-refractivity contribution in [3.05, 3.63) is 53.1 Å². The first-order valence-electron chi connectivity index (χ1n) is 11.6. The third kappa shape index (κ3) is 4.86. The van der Waals surface area contributed by atoms with E-state index in [1.807, 2.05) is 18.2 Å². The number of nitrogens with one attached hydrogen (secondary N) is 1. The second kappa shape index (κ2) is 9.46. The lowest BCUT2D eigenvalue weighted by molar-refractivity contribution is -0.137. The molecule has 3 heterocycles. The lowest BCUT2D eigenvalue weighted by atomic mass is 10.0. The van der Waals surface area contributed by atoms with Crippen molar-refractivity contribution in [1.82, 2.24) is 0 Å². The van der Waals surface area contributed by atoms with Crippen molar-refractivity contribution in [2.75, 3.05) is 36.6 Å². The van der Waals surface area contributed by atoms with Crippen molar-refractivity contribution in [3.63, 3.8) is 0 Å². The van der Waals surface area contributed by atoms with Gasteiger partial charge < -0.3 is 24.4 Å². The van der Waals surface area contributed by atoms with E-state index in [9.17, 15) is 18.0 Å². The second-order valence-electron chi connectivity index (χ2n) is 8.92. The van der Waals surface area contributed by atoms with Gasteiger partial charge in [-0.2, -0.15) is 13.2 Å². The van der Waals surface area contributed by atoms with Crippen molar-refractivity contribution >= 4 is 17.3 Å². The first-order chi connectivity index (χ1) is 16.4. The molecule has 3 aliphatic heterocycles. The zero-order valence-electron chi connectivity index (χ0n) is 18.7. The maximum atomic E-state index is 13.7. The van der Waals surface area contributed by atoms with E-state index in [1.54, 1.807) is 0 Å². The number of ether oxygens (including phenoxy) is 3. The predicted molar refractivity (Wildman–Crippen MR) is 120 cm³/mol. The largest absolute Gasteiger partial charge is 0.491 e. The minimum absolute atomic E-state index is 0.0737. The topological polar surface area (TPSA) is 60.0 Å². The fourth-order valence-electron chi connectivity index (χ4n) is 4.70. The maximum absolute atomic E-state index is 13.7. The minimum Gasteiger partial charge on any atom is -0.491 e. The van der Waals surface area contributed by atoms with E-state index >= 15 is 0 Å². The molecule has 3 aliphatic rings. The highest BCUT2D eigenvalue weighted by molar-refractivity contribution is 6.13. The highest BCUT2D eigenvalue weighted by atomic mass is 19.4. The number of benzene rings is 2. The molecule has 1 amide bonds. The molecule has 0 aliphatic carbocycles. The summed E-state index contributed by atoms with van der Waals surface area (Å²) < 4.78 is 57.6. The average molecular weight is 476 g/mol. The number of carbonyl (C=O) groups excluding carboxylic acids is 1. The van der Waals surface area contributed by atoms with Gasteiger partial charge in [0.15, 0.2) is 0 Å². The Balaban J connectivity index is 1.41. The molecule has 0 radical (unpaired) electrons. The fourth-order valence-corrected chi connectivity index (χ4v) is 4.70. The quantitative estimate of drug-likeness (QED) is 0.635. The van der Waals surface area contributed by atoms with Crippen LogP contribution in [-0.4, -0.2) is 44.5 Å². The molecule has 2 aromatic carbocycles. The normalized spacial score (nSPS) is 21.1. The summed E-state index contributed by atoms with van der Waals surface area (Å²) in [7, 11) is 0. The molecule has 0 spiro atoms. The van der Waals surface area contributed by atoms with Crippen molar-refractivity contribution < 1.29 is 32.2 Å². The molecule has 1 atom stereocenters. The Bertz CT molecular complexity index is 1050. The number of carbonyl (C=O) groups is 1. The van der Waals surface area contributed by atoms with E-state index < -0.39 is 11.7 Å². The van der Waals surface area contributed by atoms with Gasteiger partial charge in [-0.25, -0.2) is 0 Å².